The van der Waals surface area contributed by atoms with Gasteiger partial charge in [0.15, 0.2) is 0 Å². The van der Waals surface area contributed by atoms with E-state index in [2.05, 4.69) is 83.1 Å². The van der Waals surface area contributed by atoms with Crippen LogP contribution < -0.4 is 0 Å². The molecule has 2 atom stereocenters. The first kappa shape index (κ1) is 82.0. The maximum Gasteiger partial charge on any atom is -0.0190 e. The number of unbranched alkanes of at least 4 members (excludes halogenated alkanes) is 53. The standard InChI is InChI=1S/C82H166/c1-13-18-23-28-33-38-43-46-49-53-58-63-68-73-81(71-66-61-56-51-47-41-36-31-26-21-16-4,72-67-62-57-52-48-44-39-34-29-24-19-14-2)82(74-69-64-59-54-42-37-32-27-22-17-5,80(11,12)77-79(9,10)76-78(6,7)8)75-70-65-60-55-50-45-40-35-30-25-20-15-3/h13-77H2,1-12H3. The zero-order chi connectivity index (χ0) is 60.5. The highest BCUT2D eigenvalue weighted by atomic mass is 14.6. The first-order valence-electron chi connectivity index (χ1n) is 39.7. The molecule has 2 unspecified atom stereocenters. The normalized spacial score (nSPS) is 14.0. The van der Waals surface area contributed by atoms with Crippen molar-refractivity contribution in [1.82, 2.24) is 0 Å². The molecular formula is C82H166. The zero-order valence-electron chi connectivity index (χ0n) is 60.5. The van der Waals surface area contributed by atoms with Gasteiger partial charge in [0, 0.05) is 0 Å². The van der Waals surface area contributed by atoms with Crippen molar-refractivity contribution in [3.63, 3.8) is 0 Å². The molecule has 0 heterocycles. The molecule has 0 saturated heterocycles. The van der Waals surface area contributed by atoms with Crippen LogP contribution in [0.1, 0.15) is 500 Å². The minimum absolute atomic E-state index is 0.296. The van der Waals surface area contributed by atoms with Crippen LogP contribution in [0.25, 0.3) is 0 Å². The largest absolute Gasteiger partial charge is 0.0654 e. The van der Waals surface area contributed by atoms with E-state index in [0.29, 0.717) is 27.1 Å². The van der Waals surface area contributed by atoms with Gasteiger partial charge < -0.3 is 0 Å². The van der Waals surface area contributed by atoms with Gasteiger partial charge in [-0.1, -0.05) is 455 Å². The highest BCUT2D eigenvalue weighted by molar-refractivity contribution is 5.07. The summed E-state index contributed by atoms with van der Waals surface area (Å²) >= 11 is 0. The van der Waals surface area contributed by atoms with E-state index < -0.39 is 0 Å². The molecule has 0 bridgehead atoms. The summed E-state index contributed by atoms with van der Waals surface area (Å²) in [5.74, 6) is 0. The van der Waals surface area contributed by atoms with Gasteiger partial charge in [-0.2, -0.15) is 0 Å². The van der Waals surface area contributed by atoms with Gasteiger partial charge >= 0.3 is 0 Å². The molecule has 0 aliphatic carbocycles. The number of hydrogen-bond acceptors (Lipinski definition) is 0. The Labute approximate surface area is 524 Å². The van der Waals surface area contributed by atoms with Gasteiger partial charge in [0.1, 0.15) is 0 Å². The van der Waals surface area contributed by atoms with Gasteiger partial charge in [0.2, 0.25) is 0 Å². The lowest BCUT2D eigenvalue weighted by Crippen LogP contribution is -2.53. The van der Waals surface area contributed by atoms with Gasteiger partial charge in [-0.05, 0) is 72.0 Å². The molecule has 82 heavy (non-hydrogen) atoms. The Hall–Kier alpha value is 0. The fourth-order valence-corrected chi connectivity index (χ4v) is 17.1. The van der Waals surface area contributed by atoms with Crippen LogP contribution in [0.2, 0.25) is 0 Å². The molecule has 0 amide bonds. The quantitative estimate of drug-likeness (QED) is 0.0533. The van der Waals surface area contributed by atoms with Crippen molar-refractivity contribution in [2.24, 2.45) is 27.1 Å². The van der Waals surface area contributed by atoms with Gasteiger partial charge in [-0.15, -0.1) is 0 Å². The molecule has 0 aliphatic rings. The van der Waals surface area contributed by atoms with E-state index in [4.69, 9.17) is 0 Å². The zero-order valence-corrected chi connectivity index (χ0v) is 60.5. The van der Waals surface area contributed by atoms with Crippen molar-refractivity contribution in [1.29, 1.82) is 0 Å². The molecule has 0 rings (SSSR count). The number of rotatable bonds is 68. The maximum absolute atomic E-state index is 2.93. The van der Waals surface area contributed by atoms with Crippen molar-refractivity contribution >= 4 is 0 Å². The molecule has 0 spiro atoms. The summed E-state index contributed by atoms with van der Waals surface area (Å²) in [6, 6.07) is 0. The predicted molar refractivity (Wildman–Crippen MR) is 380 cm³/mol. The Morgan fingerprint density at radius 2 is 0.329 bits per heavy atom. The Bertz CT molecular complexity index is 1230. The molecule has 494 valence electrons. The summed E-state index contributed by atoms with van der Waals surface area (Å²) in [5, 5.41) is 0. The SMILES string of the molecule is CCCCCCCCCCCCCCCC(CCCCCCCCCCCCC)(CCCCCCCCCCCCCC)C(CCCCCCCCCCCC)(CCCCCCCCCCCCCC)C(C)(C)CC(C)(C)CC(C)(C)C. The van der Waals surface area contributed by atoms with E-state index in [-0.39, 0.29) is 0 Å². The van der Waals surface area contributed by atoms with Crippen LogP contribution in [-0.4, -0.2) is 0 Å². The lowest BCUT2D eigenvalue weighted by atomic mass is 9.42. The summed E-state index contributed by atoms with van der Waals surface area (Å²) in [6.45, 7) is 30.7. The minimum Gasteiger partial charge on any atom is -0.0654 e. The molecule has 0 aromatic carbocycles. The van der Waals surface area contributed by atoms with Gasteiger partial charge in [0.25, 0.3) is 0 Å². The van der Waals surface area contributed by atoms with Crippen molar-refractivity contribution in [2.75, 3.05) is 0 Å². The third kappa shape index (κ3) is 47.1. The fourth-order valence-electron chi connectivity index (χ4n) is 17.1. The third-order valence-electron chi connectivity index (χ3n) is 21.2. The smallest absolute Gasteiger partial charge is 0.0190 e. The topological polar surface area (TPSA) is 0 Å². The molecule has 0 aromatic heterocycles. The van der Waals surface area contributed by atoms with E-state index in [1.54, 1.807) is 0 Å². The highest BCUT2D eigenvalue weighted by Gasteiger charge is 2.57. The van der Waals surface area contributed by atoms with Gasteiger partial charge in [-0.3, -0.25) is 0 Å². The maximum atomic E-state index is 2.93. The molecule has 0 heteroatoms. The van der Waals surface area contributed by atoms with E-state index >= 15 is 0 Å². The van der Waals surface area contributed by atoms with Crippen molar-refractivity contribution in [3.8, 4) is 0 Å². The van der Waals surface area contributed by atoms with Crippen molar-refractivity contribution in [3.05, 3.63) is 0 Å². The summed E-state index contributed by atoms with van der Waals surface area (Å²) in [5.41, 5.74) is 1.81. The van der Waals surface area contributed by atoms with Crippen LogP contribution in [0.5, 0.6) is 0 Å². The first-order valence-corrected chi connectivity index (χ1v) is 39.7. The predicted octanol–water partition coefficient (Wildman–Crippen LogP) is 31.5. The Morgan fingerprint density at radius 1 is 0.171 bits per heavy atom. The number of hydrogen-bond donors (Lipinski definition) is 0. The van der Waals surface area contributed by atoms with E-state index in [9.17, 15) is 0 Å². The summed E-state index contributed by atoms with van der Waals surface area (Å²) in [7, 11) is 0. The molecule has 0 N–H and O–H groups in total. The average molecular weight is 1150 g/mol. The molecule has 0 saturated carbocycles. The van der Waals surface area contributed by atoms with Gasteiger partial charge in [0.05, 0.1) is 0 Å². The Balaban J connectivity index is 7.23. The van der Waals surface area contributed by atoms with Crippen molar-refractivity contribution in [2.45, 2.75) is 500 Å². The van der Waals surface area contributed by atoms with Crippen LogP contribution in [0.3, 0.4) is 0 Å². The second-order valence-electron chi connectivity index (χ2n) is 31.8. The third-order valence-corrected chi connectivity index (χ3v) is 21.2. The average Bonchev–Trinajstić information content (AvgIpc) is 2.38. The minimum atomic E-state index is 0.296. The Morgan fingerprint density at radius 3 is 0.500 bits per heavy atom. The molecule has 0 fully saturated rings. The summed E-state index contributed by atoms with van der Waals surface area (Å²) in [4.78, 5) is 0. The Kier molecular flexibility index (Phi) is 57.4. The molecule has 0 aromatic rings. The molecule has 0 aliphatic heterocycles. The van der Waals surface area contributed by atoms with Crippen molar-refractivity contribution < 1.29 is 0 Å². The van der Waals surface area contributed by atoms with E-state index in [1.807, 2.05) is 0 Å². The monoisotopic (exact) mass is 1150 g/mol. The van der Waals surface area contributed by atoms with E-state index in [1.165, 1.54) is 417 Å². The molecule has 0 nitrogen and oxygen atoms in total. The molecule has 0 radical (unpaired) electrons. The van der Waals surface area contributed by atoms with Crippen LogP contribution in [-0.2, 0) is 0 Å². The van der Waals surface area contributed by atoms with Crippen LogP contribution in [0.15, 0.2) is 0 Å². The van der Waals surface area contributed by atoms with E-state index in [0.717, 1.165) is 0 Å². The first-order chi connectivity index (χ1) is 39.7. The lowest BCUT2D eigenvalue weighted by Gasteiger charge is -2.62. The van der Waals surface area contributed by atoms with Crippen LogP contribution >= 0.6 is 0 Å². The second-order valence-corrected chi connectivity index (χ2v) is 31.8. The summed E-state index contributed by atoms with van der Waals surface area (Å²) < 4.78 is 0. The molecular weight excluding hydrogens is 985 g/mol. The highest BCUT2D eigenvalue weighted by Crippen LogP contribution is 2.67. The van der Waals surface area contributed by atoms with Crippen LogP contribution in [0.4, 0.5) is 0 Å². The summed E-state index contributed by atoms with van der Waals surface area (Å²) in [6.07, 6.45) is 95.2. The second kappa shape index (κ2) is 57.4. The van der Waals surface area contributed by atoms with Crippen LogP contribution in [0, 0.1) is 27.1 Å². The lowest BCUT2D eigenvalue weighted by molar-refractivity contribution is -0.127. The van der Waals surface area contributed by atoms with Gasteiger partial charge in [-0.25, -0.2) is 0 Å². The fraction of sp³-hybridized carbons (Fsp3) is 1.00.